The Morgan fingerprint density at radius 2 is 2.00 bits per heavy atom. The van der Waals surface area contributed by atoms with E-state index in [1.54, 1.807) is 0 Å². The number of methoxy groups -OCH3 is 1. The summed E-state index contributed by atoms with van der Waals surface area (Å²) in [6.07, 6.45) is -4.59. The number of alkyl halides is 3. The monoisotopic (exact) mass is 495 g/mol. The van der Waals surface area contributed by atoms with Crippen LogP contribution in [0.3, 0.4) is 0 Å². The third kappa shape index (κ3) is 5.96. The molecule has 0 aliphatic carbocycles. The van der Waals surface area contributed by atoms with E-state index in [1.165, 1.54) is 6.92 Å². The summed E-state index contributed by atoms with van der Waals surface area (Å²) in [7, 11) is -3.51. The Labute approximate surface area is 184 Å². The molecule has 1 heterocycles. The van der Waals surface area contributed by atoms with Crippen molar-refractivity contribution in [3.05, 3.63) is 51.2 Å². The van der Waals surface area contributed by atoms with Gasteiger partial charge in [0.15, 0.2) is 0 Å². The summed E-state index contributed by atoms with van der Waals surface area (Å²) < 4.78 is 60.9. The zero-order chi connectivity index (χ0) is 24.3. The van der Waals surface area contributed by atoms with Crippen molar-refractivity contribution >= 4 is 35.9 Å². The van der Waals surface area contributed by atoms with E-state index in [0.717, 1.165) is 25.3 Å². The summed E-state index contributed by atoms with van der Waals surface area (Å²) >= 11 is 5.78. The van der Waals surface area contributed by atoms with Crippen LogP contribution in [0.15, 0.2) is 30.5 Å². The number of pyridine rings is 1. The second-order valence-corrected chi connectivity index (χ2v) is 9.54. The van der Waals surface area contributed by atoms with Crippen LogP contribution >= 0.6 is 19.0 Å². The van der Waals surface area contributed by atoms with E-state index in [-0.39, 0.29) is 18.6 Å². The normalized spacial score (nSPS) is 14.3. The Kier molecular flexibility index (Phi) is 7.87. The first-order valence-corrected chi connectivity index (χ1v) is 10.9. The highest BCUT2D eigenvalue weighted by atomic mass is 35.5. The molecule has 0 spiro atoms. The molecule has 0 amide bonds. The van der Waals surface area contributed by atoms with Gasteiger partial charge in [0.2, 0.25) is 5.88 Å². The van der Waals surface area contributed by atoms with E-state index < -0.39 is 57.6 Å². The van der Waals surface area contributed by atoms with E-state index in [4.69, 9.17) is 16.3 Å². The number of ether oxygens (including phenoxy) is 2. The van der Waals surface area contributed by atoms with E-state index in [9.17, 15) is 37.5 Å². The van der Waals surface area contributed by atoms with Crippen LogP contribution < -0.4 is 14.9 Å². The zero-order valence-electron chi connectivity index (χ0n) is 16.6. The van der Waals surface area contributed by atoms with E-state index in [1.807, 2.05) is 0 Å². The summed E-state index contributed by atoms with van der Waals surface area (Å²) in [4.78, 5) is 38.2. The highest BCUT2D eigenvalue weighted by Crippen LogP contribution is 2.46. The van der Waals surface area contributed by atoms with Crippen molar-refractivity contribution in [3.63, 3.8) is 0 Å². The molecule has 0 aliphatic heterocycles. The average molecular weight is 496 g/mol. The van der Waals surface area contributed by atoms with Crippen molar-refractivity contribution < 1.29 is 41.8 Å². The molecule has 0 bridgehead atoms. The molecule has 2 rings (SSSR count). The van der Waals surface area contributed by atoms with Gasteiger partial charge in [0.25, 0.3) is 5.69 Å². The molecule has 0 aliphatic rings. The molecule has 0 saturated heterocycles. The predicted octanol–water partition coefficient (Wildman–Crippen LogP) is 4.06. The molecule has 9 nitrogen and oxygen atoms in total. The first-order valence-electron chi connectivity index (χ1n) is 8.84. The molecule has 0 saturated carbocycles. The smallest absolute Gasteiger partial charge is 0.417 e. The molecular weight excluding hydrogens is 480 g/mol. The molecule has 32 heavy (non-hydrogen) atoms. The summed E-state index contributed by atoms with van der Waals surface area (Å²) in [5, 5.41) is 10.2. The summed E-state index contributed by atoms with van der Waals surface area (Å²) in [6.45, 7) is 1.28. The topological polar surface area (TPSA) is 132 Å². The summed E-state index contributed by atoms with van der Waals surface area (Å²) in [6, 6.07) is 3.36. The molecular formula is C18H16ClF3N2O7P-. The van der Waals surface area contributed by atoms with Gasteiger partial charge in [0.1, 0.15) is 10.8 Å². The molecule has 2 atom stereocenters. The fourth-order valence-electron chi connectivity index (χ4n) is 2.57. The van der Waals surface area contributed by atoms with Gasteiger partial charge in [0, 0.05) is 24.3 Å². The summed E-state index contributed by atoms with van der Waals surface area (Å²) in [5.41, 5.74) is -3.02. The number of halogens is 4. The Morgan fingerprint density at radius 3 is 2.53 bits per heavy atom. The SMILES string of the molecule is COC(=O)CCC(C)P(=O)([O-])c1cc(Oc2ncc(C(F)(F)F)cc2Cl)ccc1[N+](=O)[O-]. The Bertz CT molecular complexity index is 1080. The second-order valence-electron chi connectivity index (χ2n) is 6.58. The largest absolute Gasteiger partial charge is 0.796 e. The number of hydrogen-bond donors (Lipinski definition) is 0. The molecule has 14 heteroatoms. The lowest BCUT2D eigenvalue weighted by Crippen LogP contribution is -2.26. The molecule has 174 valence electrons. The van der Waals surface area contributed by atoms with Crippen LogP contribution in [-0.4, -0.2) is 28.6 Å². The number of hydrogen-bond acceptors (Lipinski definition) is 8. The lowest BCUT2D eigenvalue weighted by Gasteiger charge is -2.30. The second kappa shape index (κ2) is 9.85. The van der Waals surface area contributed by atoms with Gasteiger partial charge in [-0.3, -0.25) is 14.9 Å². The van der Waals surface area contributed by atoms with E-state index in [2.05, 4.69) is 9.72 Å². The van der Waals surface area contributed by atoms with Crippen molar-refractivity contribution in [2.75, 3.05) is 7.11 Å². The number of benzene rings is 1. The van der Waals surface area contributed by atoms with Crippen LogP contribution in [0.1, 0.15) is 25.3 Å². The van der Waals surface area contributed by atoms with Gasteiger partial charge in [0.05, 0.1) is 30.3 Å². The average Bonchev–Trinajstić information content (AvgIpc) is 2.72. The van der Waals surface area contributed by atoms with Gasteiger partial charge in [-0.25, -0.2) is 4.98 Å². The predicted molar refractivity (Wildman–Crippen MR) is 105 cm³/mol. The first kappa shape index (κ1) is 25.6. The number of aromatic nitrogens is 1. The van der Waals surface area contributed by atoms with E-state index >= 15 is 0 Å². The van der Waals surface area contributed by atoms with Crippen LogP contribution in [0.5, 0.6) is 11.6 Å². The number of esters is 1. The third-order valence-electron chi connectivity index (χ3n) is 4.40. The van der Waals surface area contributed by atoms with Crippen molar-refractivity contribution in [1.82, 2.24) is 4.98 Å². The molecule has 2 unspecified atom stereocenters. The fourth-order valence-corrected chi connectivity index (χ4v) is 4.51. The lowest BCUT2D eigenvalue weighted by molar-refractivity contribution is -0.383. The molecule has 1 aromatic heterocycles. The molecule has 0 radical (unpaired) electrons. The number of nitro groups is 1. The third-order valence-corrected chi connectivity index (χ3v) is 7.12. The number of nitrogens with zero attached hydrogens (tertiary/aromatic N) is 2. The molecule has 1 aromatic carbocycles. The van der Waals surface area contributed by atoms with Gasteiger partial charge in [-0.15, -0.1) is 0 Å². The minimum Gasteiger partial charge on any atom is -0.796 e. The Hall–Kier alpha value is -2.69. The minimum atomic E-state index is -4.69. The first-order chi connectivity index (χ1) is 14.8. The maximum Gasteiger partial charge on any atom is 0.417 e. The standard InChI is InChI=1S/C18H17ClF3N2O7P/c1-10(3-6-16(25)30-2)32(28,29)15-8-12(4-5-14(15)24(26)27)31-17-13(19)7-11(9-23-17)18(20,21)22/h4-5,7-10H,3,6H2,1-2H3,(H,28,29)/p-1. The Morgan fingerprint density at radius 1 is 1.34 bits per heavy atom. The Balaban J connectivity index is 2.40. The van der Waals surface area contributed by atoms with Crippen LogP contribution in [0.4, 0.5) is 18.9 Å². The van der Waals surface area contributed by atoms with Crippen LogP contribution in [0, 0.1) is 10.1 Å². The number of nitro benzene ring substituents is 1. The van der Waals surface area contributed by atoms with Crippen molar-refractivity contribution in [3.8, 4) is 11.6 Å². The minimum absolute atomic E-state index is 0.151. The number of carbonyl (C=O) groups excluding carboxylic acids is 1. The van der Waals surface area contributed by atoms with E-state index in [0.29, 0.717) is 12.3 Å². The highest BCUT2D eigenvalue weighted by molar-refractivity contribution is 7.65. The van der Waals surface area contributed by atoms with Crippen molar-refractivity contribution in [1.29, 1.82) is 0 Å². The van der Waals surface area contributed by atoms with Gasteiger partial charge < -0.3 is 18.9 Å². The zero-order valence-corrected chi connectivity index (χ0v) is 18.2. The number of carbonyl (C=O) groups is 1. The maximum absolute atomic E-state index is 12.9. The maximum atomic E-state index is 12.9. The quantitative estimate of drug-likeness (QED) is 0.232. The molecule has 2 aromatic rings. The highest BCUT2D eigenvalue weighted by Gasteiger charge is 2.32. The van der Waals surface area contributed by atoms with Crippen molar-refractivity contribution in [2.45, 2.75) is 31.6 Å². The van der Waals surface area contributed by atoms with Crippen LogP contribution in [0.2, 0.25) is 5.02 Å². The molecule has 0 N–H and O–H groups in total. The van der Waals surface area contributed by atoms with Crippen LogP contribution in [-0.2, 0) is 20.3 Å². The lowest BCUT2D eigenvalue weighted by atomic mass is 10.2. The van der Waals surface area contributed by atoms with Gasteiger partial charge >= 0.3 is 12.1 Å². The van der Waals surface area contributed by atoms with Gasteiger partial charge in [-0.05, 0) is 24.6 Å². The molecule has 0 fully saturated rings. The van der Waals surface area contributed by atoms with Crippen molar-refractivity contribution in [2.24, 2.45) is 0 Å². The fraction of sp³-hybridized carbons (Fsp3) is 0.333. The van der Waals surface area contributed by atoms with Gasteiger partial charge in [-0.1, -0.05) is 18.5 Å². The van der Waals surface area contributed by atoms with Crippen LogP contribution in [0.25, 0.3) is 0 Å². The summed E-state index contributed by atoms with van der Waals surface area (Å²) in [5.74, 6) is -1.36. The number of rotatable bonds is 8. The van der Waals surface area contributed by atoms with Gasteiger partial charge in [-0.2, -0.15) is 13.2 Å².